The summed E-state index contributed by atoms with van der Waals surface area (Å²) in [7, 11) is 0. The average Bonchev–Trinajstić information content (AvgIpc) is 2.77. The number of benzene rings is 3. The van der Waals surface area contributed by atoms with Gasteiger partial charge < -0.3 is 10.1 Å². The molecule has 2 amide bonds. The van der Waals surface area contributed by atoms with Gasteiger partial charge in [-0.25, -0.2) is 10.2 Å². The predicted molar refractivity (Wildman–Crippen MR) is 126 cm³/mol. The van der Waals surface area contributed by atoms with Crippen molar-refractivity contribution in [3.8, 4) is 5.75 Å². The number of ether oxygens (including phenoxy) is 1. The topological polar surface area (TPSA) is 96.9 Å². The van der Waals surface area contributed by atoms with Crippen LogP contribution in [0, 0.1) is 6.92 Å². The minimum absolute atomic E-state index is 0.239. The van der Waals surface area contributed by atoms with E-state index in [0.717, 1.165) is 5.56 Å². The first-order valence-electron chi connectivity index (χ1n) is 9.30. The molecule has 0 saturated heterocycles. The lowest BCUT2D eigenvalue weighted by Gasteiger charge is -2.08. The molecule has 32 heavy (non-hydrogen) atoms. The number of nitrogens with zero attached hydrogens (tertiary/aromatic N) is 1. The van der Waals surface area contributed by atoms with Gasteiger partial charge in [-0.1, -0.05) is 45.2 Å². The van der Waals surface area contributed by atoms with Gasteiger partial charge in [0.2, 0.25) is 0 Å². The van der Waals surface area contributed by atoms with E-state index in [4.69, 9.17) is 16.3 Å². The molecular weight excluding hydrogens is 498 g/mol. The summed E-state index contributed by atoms with van der Waals surface area (Å²) < 4.78 is 6.19. The molecule has 3 aromatic carbocycles. The maximum absolute atomic E-state index is 12.5. The second kappa shape index (κ2) is 10.7. The monoisotopic (exact) mass is 513 g/mol. The van der Waals surface area contributed by atoms with E-state index in [2.05, 4.69) is 31.8 Å². The zero-order chi connectivity index (χ0) is 23.1. The Morgan fingerprint density at radius 3 is 2.47 bits per heavy atom. The van der Waals surface area contributed by atoms with Crippen LogP contribution in [0.15, 0.2) is 76.3 Å². The van der Waals surface area contributed by atoms with Crippen molar-refractivity contribution in [2.75, 3.05) is 5.32 Å². The van der Waals surface area contributed by atoms with E-state index in [1.54, 1.807) is 60.7 Å². The van der Waals surface area contributed by atoms with Gasteiger partial charge in [0.15, 0.2) is 0 Å². The molecule has 2 N–H and O–H groups in total. The van der Waals surface area contributed by atoms with Gasteiger partial charge in [-0.15, -0.1) is 0 Å². The second-order valence-corrected chi connectivity index (χ2v) is 7.95. The third kappa shape index (κ3) is 6.50. The molecule has 3 rings (SSSR count). The lowest BCUT2D eigenvalue weighted by molar-refractivity contribution is -0.136. The van der Waals surface area contributed by atoms with Crippen LogP contribution in [0.4, 0.5) is 5.69 Å². The van der Waals surface area contributed by atoms with Gasteiger partial charge in [-0.05, 0) is 61.5 Å². The first-order valence-corrected chi connectivity index (χ1v) is 10.5. The van der Waals surface area contributed by atoms with E-state index < -0.39 is 17.8 Å². The van der Waals surface area contributed by atoms with Gasteiger partial charge in [0.25, 0.3) is 0 Å². The Balaban J connectivity index is 1.66. The van der Waals surface area contributed by atoms with Crippen LogP contribution in [0.5, 0.6) is 5.75 Å². The first-order chi connectivity index (χ1) is 15.3. The van der Waals surface area contributed by atoms with Gasteiger partial charge >= 0.3 is 17.8 Å². The van der Waals surface area contributed by atoms with Crippen LogP contribution in [0.25, 0.3) is 0 Å². The molecular formula is C23H17BrClN3O4. The number of halogens is 2. The van der Waals surface area contributed by atoms with Gasteiger partial charge in [0, 0.05) is 20.7 Å². The molecule has 0 heterocycles. The van der Waals surface area contributed by atoms with Crippen LogP contribution in [0.1, 0.15) is 21.5 Å². The van der Waals surface area contributed by atoms with Crippen LogP contribution in [-0.2, 0) is 9.59 Å². The number of hydrazone groups is 1. The Kier molecular flexibility index (Phi) is 7.75. The molecule has 9 heteroatoms. The minimum atomic E-state index is -0.968. The maximum atomic E-state index is 12.5. The minimum Gasteiger partial charge on any atom is -0.422 e. The number of carbonyl (C=O) groups is 3. The second-order valence-electron chi connectivity index (χ2n) is 6.60. The fourth-order valence-electron chi connectivity index (χ4n) is 2.58. The summed E-state index contributed by atoms with van der Waals surface area (Å²) in [5.41, 5.74) is 4.30. The molecule has 0 atom stereocenters. The molecule has 0 aliphatic carbocycles. The van der Waals surface area contributed by atoms with E-state index in [9.17, 15) is 14.4 Å². The van der Waals surface area contributed by atoms with Crippen molar-refractivity contribution in [3.05, 3.63) is 92.9 Å². The van der Waals surface area contributed by atoms with Crippen molar-refractivity contribution in [1.29, 1.82) is 0 Å². The Bertz CT molecular complexity index is 1200. The molecule has 0 unspecified atom stereocenters. The number of anilines is 1. The number of rotatable bonds is 5. The van der Waals surface area contributed by atoms with E-state index in [1.807, 2.05) is 13.0 Å². The highest BCUT2D eigenvalue weighted by Crippen LogP contribution is 2.23. The number of esters is 1. The maximum Gasteiger partial charge on any atom is 0.343 e. The lowest BCUT2D eigenvalue weighted by Crippen LogP contribution is -2.32. The summed E-state index contributed by atoms with van der Waals surface area (Å²) in [6.07, 6.45) is 1.27. The highest BCUT2D eigenvalue weighted by atomic mass is 79.9. The number of nitrogens with one attached hydrogen (secondary N) is 2. The number of amides is 2. The number of hydrogen-bond donors (Lipinski definition) is 2. The molecule has 0 saturated carbocycles. The van der Waals surface area contributed by atoms with Crippen LogP contribution in [0.2, 0.25) is 5.02 Å². The number of aryl methyl sites for hydroxylation is 1. The van der Waals surface area contributed by atoms with Crippen molar-refractivity contribution >= 4 is 57.2 Å². The van der Waals surface area contributed by atoms with Crippen molar-refractivity contribution in [2.24, 2.45) is 5.10 Å². The zero-order valence-corrected chi connectivity index (χ0v) is 19.1. The molecule has 162 valence electrons. The Hall–Kier alpha value is -3.49. The fourth-order valence-corrected chi connectivity index (χ4v) is 3.08. The highest BCUT2D eigenvalue weighted by Gasteiger charge is 2.14. The van der Waals surface area contributed by atoms with Gasteiger partial charge in [0.05, 0.1) is 11.8 Å². The van der Waals surface area contributed by atoms with Crippen LogP contribution >= 0.6 is 27.5 Å². The summed E-state index contributed by atoms with van der Waals surface area (Å²) in [4.78, 5) is 36.4. The molecule has 3 aromatic rings. The third-order valence-corrected chi connectivity index (χ3v) is 4.85. The summed E-state index contributed by atoms with van der Waals surface area (Å²) in [5.74, 6) is -2.16. The quantitative estimate of drug-likeness (QED) is 0.169. The number of hydrogen-bond acceptors (Lipinski definition) is 5. The van der Waals surface area contributed by atoms with Gasteiger partial charge in [-0.2, -0.15) is 5.10 Å². The van der Waals surface area contributed by atoms with E-state index in [0.29, 0.717) is 26.3 Å². The normalized spacial score (nSPS) is 10.6. The summed E-state index contributed by atoms with van der Waals surface area (Å²) in [6.45, 7) is 1.88. The fraction of sp³-hybridized carbons (Fsp3) is 0.0435. The molecule has 0 bridgehead atoms. The summed E-state index contributed by atoms with van der Waals surface area (Å²) in [6, 6.07) is 18.3. The van der Waals surface area contributed by atoms with Crippen molar-refractivity contribution in [1.82, 2.24) is 5.43 Å². The molecule has 0 radical (unpaired) electrons. The van der Waals surface area contributed by atoms with Gasteiger partial charge in [-0.3, -0.25) is 9.59 Å². The molecule has 0 aromatic heterocycles. The molecule has 7 nitrogen and oxygen atoms in total. The smallest absolute Gasteiger partial charge is 0.343 e. The van der Waals surface area contributed by atoms with Crippen LogP contribution in [-0.4, -0.2) is 24.0 Å². The predicted octanol–water partition coefficient (Wildman–Crippen LogP) is 4.72. The SMILES string of the molecule is Cc1cccc(C(=O)Oc2ccc(Br)cc2C=NNC(=O)C(=O)Nc2ccc(Cl)cc2)c1. The Morgan fingerprint density at radius 2 is 1.75 bits per heavy atom. The number of carbonyl (C=O) groups excluding carboxylic acids is 3. The molecule has 0 aliphatic rings. The van der Waals surface area contributed by atoms with Crippen LogP contribution in [0.3, 0.4) is 0 Å². The van der Waals surface area contributed by atoms with Crippen molar-refractivity contribution in [3.63, 3.8) is 0 Å². The third-order valence-electron chi connectivity index (χ3n) is 4.11. The molecule has 0 spiro atoms. The standard InChI is InChI=1S/C23H17BrClN3O4/c1-14-3-2-4-15(11-14)23(31)32-20-10-5-17(24)12-16(20)13-26-28-22(30)21(29)27-19-8-6-18(25)7-9-19/h2-13H,1H3,(H,27,29)(H,28,30). The summed E-state index contributed by atoms with van der Waals surface area (Å²) >= 11 is 9.13. The Labute approximate surface area is 197 Å². The average molecular weight is 515 g/mol. The van der Waals surface area contributed by atoms with Gasteiger partial charge in [0.1, 0.15) is 5.75 Å². The molecule has 0 aliphatic heterocycles. The Morgan fingerprint density at radius 1 is 1.00 bits per heavy atom. The van der Waals surface area contributed by atoms with E-state index >= 15 is 0 Å². The van der Waals surface area contributed by atoms with Crippen LogP contribution < -0.4 is 15.5 Å². The zero-order valence-electron chi connectivity index (χ0n) is 16.8. The van der Waals surface area contributed by atoms with E-state index in [-0.39, 0.29) is 5.75 Å². The lowest BCUT2D eigenvalue weighted by atomic mass is 10.1. The summed E-state index contributed by atoms with van der Waals surface area (Å²) in [5, 5.41) is 6.73. The largest absolute Gasteiger partial charge is 0.422 e. The molecule has 0 fully saturated rings. The first kappa shape index (κ1) is 23.2. The van der Waals surface area contributed by atoms with E-state index in [1.165, 1.54) is 6.21 Å². The van der Waals surface area contributed by atoms with Crippen molar-refractivity contribution < 1.29 is 19.1 Å². The van der Waals surface area contributed by atoms with Crippen molar-refractivity contribution in [2.45, 2.75) is 6.92 Å². The highest BCUT2D eigenvalue weighted by molar-refractivity contribution is 9.10.